The summed E-state index contributed by atoms with van der Waals surface area (Å²) < 4.78 is 27.5. The van der Waals surface area contributed by atoms with Gasteiger partial charge < -0.3 is 10.2 Å². The number of para-hydroxylation sites is 2. The molecule has 0 saturated heterocycles. The van der Waals surface area contributed by atoms with Crippen molar-refractivity contribution in [2.75, 3.05) is 0 Å². The van der Waals surface area contributed by atoms with Crippen LogP contribution in [0.25, 0.3) is 0 Å². The molecule has 2 nitrogen and oxygen atoms in total. The number of hydrogen-bond acceptors (Lipinski definition) is 2. The number of phenolic OH excluding ortho intramolecular Hbond substituents is 2. The van der Waals surface area contributed by atoms with Crippen LogP contribution >= 0.6 is 0 Å². The van der Waals surface area contributed by atoms with Gasteiger partial charge in [0.25, 0.3) is 0 Å². The Morgan fingerprint density at radius 3 is 1.48 bits per heavy atom. The molecule has 0 spiro atoms. The van der Waals surface area contributed by atoms with E-state index < -0.39 is 11.6 Å². The van der Waals surface area contributed by atoms with Gasteiger partial charge >= 0.3 is 28.4 Å². The third kappa shape index (κ3) is 12.4. The molecule has 0 radical (unpaired) electrons. The number of hydrogen-bond donors (Lipinski definition) is 2. The number of benzene rings is 2. The molecule has 0 amide bonds. The van der Waals surface area contributed by atoms with Gasteiger partial charge in [-0.3, -0.25) is 12.2 Å². The molecule has 0 aliphatic heterocycles. The average Bonchev–Trinajstić information content (AvgIpc) is 3.37. The Labute approximate surface area is 212 Å². The van der Waals surface area contributed by atoms with E-state index in [1.807, 2.05) is 6.08 Å². The van der Waals surface area contributed by atoms with Crippen LogP contribution < -0.4 is 0 Å². The fourth-order valence-electron chi connectivity index (χ4n) is 2.56. The summed E-state index contributed by atoms with van der Waals surface area (Å²) in [6.45, 7) is 10.8. The summed E-state index contributed by atoms with van der Waals surface area (Å²) in [7, 11) is 0. The van der Waals surface area contributed by atoms with Crippen LogP contribution in [-0.2, 0) is 24.2 Å². The number of allylic oxidation sites excluding steroid dienone is 8. The Kier molecular flexibility index (Phi) is 15.9. The molecular weight excluding hydrogens is 498 g/mol. The van der Waals surface area contributed by atoms with Crippen LogP contribution in [0.2, 0.25) is 0 Å². The molecule has 4 rings (SSSR count). The van der Waals surface area contributed by atoms with Gasteiger partial charge in [0.15, 0.2) is 23.1 Å². The molecule has 2 aromatic carbocycles. The predicted octanol–water partition coefficient (Wildman–Crippen LogP) is 7.45. The predicted molar refractivity (Wildman–Crippen MR) is 129 cm³/mol. The minimum atomic E-state index is -0.576. The Balaban J connectivity index is 0.000000406. The van der Waals surface area contributed by atoms with Crippen LogP contribution in [0.15, 0.2) is 83.0 Å². The average molecular weight is 530 g/mol. The first-order valence-electron chi connectivity index (χ1n) is 10.4. The van der Waals surface area contributed by atoms with Gasteiger partial charge in [-0.05, 0) is 24.3 Å². The van der Waals surface area contributed by atoms with Gasteiger partial charge in [-0.25, -0.2) is 26.0 Å². The van der Waals surface area contributed by atoms with Crippen LogP contribution in [0.1, 0.15) is 41.0 Å². The molecule has 0 bridgehead atoms. The summed E-state index contributed by atoms with van der Waals surface area (Å²) in [5, 5.41) is 17.1. The molecule has 174 valence electrons. The van der Waals surface area contributed by atoms with E-state index in [1.54, 1.807) is 12.1 Å². The van der Waals surface area contributed by atoms with Crippen LogP contribution in [0.4, 0.5) is 8.78 Å². The summed E-state index contributed by atoms with van der Waals surface area (Å²) in [6.07, 6.45) is 11.6. The number of halogens is 2. The van der Waals surface area contributed by atoms with Gasteiger partial charge in [-0.15, -0.1) is 20.3 Å². The third-order valence-corrected chi connectivity index (χ3v) is 4.81. The van der Waals surface area contributed by atoms with Gasteiger partial charge in [0.2, 0.25) is 0 Å². The van der Waals surface area contributed by atoms with Crippen molar-refractivity contribution in [1.82, 2.24) is 0 Å². The van der Waals surface area contributed by atoms with E-state index in [-0.39, 0.29) is 11.5 Å². The standard InChI is InChI=1S/C9H13.2C6H5FO.C6H7.CH2.Zr/c1-6-5-7(2)9(4)8(6)3;2*7-5-3-1-2-4-6(5)8;1-6-4-2-3-5-6;;/h6H,1-4H3;2*1-4,8H;4-5H,2H2,1H3;1H2;/q-1;;;-1;;+2. The molecular formula is C28H32F2O2Zr. The molecule has 0 aromatic heterocycles. The first-order valence-corrected chi connectivity index (χ1v) is 12.1. The fraction of sp³-hybridized carbons (Fsp3) is 0.250. The zero-order valence-electron chi connectivity index (χ0n) is 19.9. The molecule has 5 heteroatoms. The molecule has 2 aromatic rings. The summed E-state index contributed by atoms with van der Waals surface area (Å²) >= 11 is 1.30. The van der Waals surface area contributed by atoms with Gasteiger partial charge in [0, 0.05) is 0 Å². The second-order valence-corrected chi connectivity index (χ2v) is 7.20. The van der Waals surface area contributed by atoms with E-state index in [1.165, 1.54) is 82.9 Å². The molecule has 0 fully saturated rings. The molecule has 2 aliphatic carbocycles. The first kappa shape index (κ1) is 30.6. The summed E-state index contributed by atoms with van der Waals surface area (Å²) in [5.41, 5.74) is 5.59. The van der Waals surface area contributed by atoms with E-state index in [9.17, 15) is 8.78 Å². The maximum atomic E-state index is 12.1. The SMILES string of the molecule is CC1=CC[C-]=C1.CC1=[C-]C(C)C(C)=C1C.Oc1ccccc1F.Oc1ccccc1F.[CH2]=[Zr+2]. The van der Waals surface area contributed by atoms with E-state index in [0.717, 1.165) is 6.42 Å². The van der Waals surface area contributed by atoms with Crippen molar-refractivity contribution < 1.29 is 43.2 Å². The van der Waals surface area contributed by atoms with Gasteiger partial charge in [0.05, 0.1) is 0 Å². The quantitative estimate of drug-likeness (QED) is 0.348. The normalized spacial score (nSPS) is 15.4. The van der Waals surface area contributed by atoms with Crippen LogP contribution in [0.5, 0.6) is 11.5 Å². The van der Waals surface area contributed by atoms with E-state index in [2.05, 4.69) is 57.1 Å². The van der Waals surface area contributed by atoms with Crippen molar-refractivity contribution in [3.05, 3.63) is 107 Å². The minimum absolute atomic E-state index is 0.299. The fourth-order valence-corrected chi connectivity index (χ4v) is 2.56. The zero-order valence-corrected chi connectivity index (χ0v) is 22.4. The number of aromatic hydroxyl groups is 2. The Morgan fingerprint density at radius 2 is 1.33 bits per heavy atom. The molecule has 2 N–H and O–H groups in total. The van der Waals surface area contributed by atoms with E-state index in [0.29, 0.717) is 5.92 Å². The number of rotatable bonds is 0. The molecule has 0 saturated carbocycles. The zero-order chi connectivity index (χ0) is 25.4. The summed E-state index contributed by atoms with van der Waals surface area (Å²) in [4.78, 5) is 0. The van der Waals surface area contributed by atoms with Crippen molar-refractivity contribution in [2.45, 2.75) is 41.0 Å². The van der Waals surface area contributed by atoms with Crippen molar-refractivity contribution in [3.63, 3.8) is 0 Å². The second kappa shape index (κ2) is 17.1. The van der Waals surface area contributed by atoms with Crippen molar-refractivity contribution in [3.8, 4) is 11.5 Å². The monoisotopic (exact) mass is 528 g/mol. The third-order valence-electron chi connectivity index (χ3n) is 4.81. The Bertz CT molecular complexity index is 903. The van der Waals surface area contributed by atoms with Gasteiger partial charge in [-0.2, -0.15) is 17.2 Å². The molecule has 2 aliphatic rings. The van der Waals surface area contributed by atoms with Gasteiger partial charge in [0.1, 0.15) is 0 Å². The topological polar surface area (TPSA) is 40.5 Å². The maximum absolute atomic E-state index is 12.1. The molecule has 0 heterocycles. The van der Waals surface area contributed by atoms with E-state index >= 15 is 0 Å². The summed E-state index contributed by atoms with van der Waals surface area (Å²) in [5.74, 6) is -1.19. The van der Waals surface area contributed by atoms with Gasteiger partial charge in [-0.1, -0.05) is 51.0 Å². The van der Waals surface area contributed by atoms with Crippen molar-refractivity contribution in [1.29, 1.82) is 0 Å². The van der Waals surface area contributed by atoms with Crippen LogP contribution in [0, 0.1) is 29.7 Å². The number of phenols is 2. The Hall–Kier alpha value is -2.39. The van der Waals surface area contributed by atoms with Crippen molar-refractivity contribution in [2.24, 2.45) is 5.92 Å². The molecule has 1 atom stereocenters. The van der Waals surface area contributed by atoms with Crippen LogP contribution in [-0.4, -0.2) is 14.4 Å². The summed E-state index contributed by atoms with van der Waals surface area (Å²) in [6, 6.07) is 11.2. The Morgan fingerprint density at radius 1 is 0.879 bits per heavy atom. The first-order chi connectivity index (χ1) is 15.6. The molecule has 33 heavy (non-hydrogen) atoms. The molecule has 1 unspecified atom stereocenters. The van der Waals surface area contributed by atoms with Crippen LogP contribution in [0.3, 0.4) is 0 Å². The van der Waals surface area contributed by atoms with Crippen molar-refractivity contribution >= 4 is 4.21 Å². The second-order valence-electron chi connectivity index (χ2n) is 7.20. The van der Waals surface area contributed by atoms with E-state index in [4.69, 9.17) is 10.2 Å².